The lowest BCUT2D eigenvalue weighted by Crippen LogP contribution is -2.04. The maximum absolute atomic E-state index is 13.2. The van der Waals surface area contributed by atoms with Crippen molar-refractivity contribution in [1.82, 2.24) is 0 Å². The maximum Gasteiger partial charge on any atom is 0.191 e. The molecule has 74 valence electrons. The number of ketones is 1. The van der Waals surface area contributed by atoms with Crippen molar-refractivity contribution in [3.05, 3.63) is 41.7 Å². The van der Waals surface area contributed by atoms with Crippen molar-refractivity contribution in [2.24, 2.45) is 0 Å². The monoisotopic (exact) mass is 194 g/mol. The van der Waals surface area contributed by atoms with Crippen LogP contribution in [-0.2, 0) is 0 Å². The van der Waals surface area contributed by atoms with E-state index in [4.69, 9.17) is 4.74 Å². The van der Waals surface area contributed by atoms with Crippen LogP contribution in [0.4, 0.5) is 4.39 Å². The first kappa shape index (κ1) is 10.4. The highest BCUT2D eigenvalue weighted by atomic mass is 19.1. The molecule has 0 fully saturated rings. The third-order valence-corrected chi connectivity index (χ3v) is 1.80. The van der Waals surface area contributed by atoms with Gasteiger partial charge in [0.05, 0.1) is 12.7 Å². The topological polar surface area (TPSA) is 26.3 Å². The van der Waals surface area contributed by atoms with Crippen molar-refractivity contribution in [3.63, 3.8) is 0 Å². The molecule has 3 heteroatoms. The first-order valence-electron chi connectivity index (χ1n) is 4.10. The molecule has 0 saturated heterocycles. The van der Waals surface area contributed by atoms with Gasteiger partial charge in [-0.1, -0.05) is 12.6 Å². The number of benzene rings is 1. The molecule has 1 rings (SSSR count). The zero-order chi connectivity index (χ0) is 10.7. The quantitative estimate of drug-likeness (QED) is 0.546. The second-order valence-electron chi connectivity index (χ2n) is 2.93. The van der Waals surface area contributed by atoms with Crippen molar-refractivity contribution in [1.29, 1.82) is 0 Å². The van der Waals surface area contributed by atoms with E-state index >= 15 is 0 Å². The third kappa shape index (κ3) is 1.82. The predicted octanol–water partition coefficient (Wildman–Crippen LogP) is 2.59. The van der Waals surface area contributed by atoms with E-state index in [0.717, 1.165) is 0 Å². The Hall–Kier alpha value is -1.64. The zero-order valence-electron chi connectivity index (χ0n) is 8.13. The van der Waals surface area contributed by atoms with Crippen LogP contribution in [0.2, 0.25) is 0 Å². The lowest BCUT2D eigenvalue weighted by molar-refractivity contribution is 0.103. The highest BCUT2D eigenvalue weighted by molar-refractivity contribution is 6.09. The SMILES string of the molecule is C=C(C)C(=O)c1cccc(F)c1OC. The zero-order valence-corrected chi connectivity index (χ0v) is 8.13. The number of ether oxygens (including phenoxy) is 1. The van der Waals surface area contributed by atoms with Gasteiger partial charge in [0, 0.05) is 0 Å². The van der Waals surface area contributed by atoms with Crippen molar-refractivity contribution in [2.75, 3.05) is 7.11 Å². The summed E-state index contributed by atoms with van der Waals surface area (Å²) in [4.78, 5) is 11.5. The Kier molecular flexibility index (Phi) is 3.02. The van der Waals surface area contributed by atoms with Gasteiger partial charge in [-0.05, 0) is 24.6 Å². The summed E-state index contributed by atoms with van der Waals surface area (Å²) in [5, 5.41) is 0. The van der Waals surface area contributed by atoms with E-state index in [1.165, 1.54) is 25.3 Å². The molecule has 1 aromatic rings. The average Bonchev–Trinajstić information content (AvgIpc) is 2.16. The fraction of sp³-hybridized carbons (Fsp3) is 0.182. The van der Waals surface area contributed by atoms with Crippen LogP contribution < -0.4 is 4.74 Å². The third-order valence-electron chi connectivity index (χ3n) is 1.80. The molecule has 0 spiro atoms. The molecule has 0 amide bonds. The van der Waals surface area contributed by atoms with Gasteiger partial charge in [-0.2, -0.15) is 0 Å². The Morgan fingerprint density at radius 2 is 2.14 bits per heavy atom. The molecule has 0 aliphatic heterocycles. The minimum atomic E-state index is -0.542. The lowest BCUT2D eigenvalue weighted by atomic mass is 10.0. The lowest BCUT2D eigenvalue weighted by Gasteiger charge is -2.07. The Bertz CT molecular complexity index is 383. The van der Waals surface area contributed by atoms with Crippen LogP contribution >= 0.6 is 0 Å². The van der Waals surface area contributed by atoms with E-state index in [9.17, 15) is 9.18 Å². The molecule has 0 unspecified atom stereocenters. The molecule has 0 aliphatic carbocycles. The molecule has 14 heavy (non-hydrogen) atoms. The standard InChI is InChI=1S/C11H11FO2/c1-7(2)10(13)8-5-4-6-9(12)11(8)14-3/h4-6H,1H2,2-3H3. The average molecular weight is 194 g/mol. The normalized spacial score (nSPS) is 9.64. The van der Waals surface area contributed by atoms with E-state index < -0.39 is 5.82 Å². The molecule has 2 nitrogen and oxygen atoms in total. The maximum atomic E-state index is 13.2. The van der Waals surface area contributed by atoms with E-state index in [1.54, 1.807) is 6.92 Å². The number of hydrogen-bond acceptors (Lipinski definition) is 2. The Morgan fingerprint density at radius 1 is 1.50 bits per heavy atom. The molecule has 0 aromatic heterocycles. The summed E-state index contributed by atoms with van der Waals surface area (Å²) >= 11 is 0. The van der Waals surface area contributed by atoms with Gasteiger partial charge in [-0.15, -0.1) is 0 Å². The van der Waals surface area contributed by atoms with Gasteiger partial charge in [0.1, 0.15) is 0 Å². The summed E-state index contributed by atoms with van der Waals surface area (Å²) in [6.07, 6.45) is 0. The number of allylic oxidation sites excluding steroid dienone is 1. The van der Waals surface area contributed by atoms with Crippen LogP contribution in [0.15, 0.2) is 30.4 Å². The van der Waals surface area contributed by atoms with Gasteiger partial charge in [-0.3, -0.25) is 4.79 Å². The van der Waals surface area contributed by atoms with E-state index in [1.807, 2.05) is 0 Å². The van der Waals surface area contributed by atoms with E-state index in [0.29, 0.717) is 5.57 Å². The molecule has 0 atom stereocenters. The number of methoxy groups -OCH3 is 1. The van der Waals surface area contributed by atoms with Crippen LogP contribution in [0.25, 0.3) is 0 Å². The molecular formula is C11H11FO2. The molecule has 0 bridgehead atoms. The second-order valence-corrected chi connectivity index (χ2v) is 2.93. The van der Waals surface area contributed by atoms with Crippen molar-refractivity contribution < 1.29 is 13.9 Å². The molecule has 1 aromatic carbocycles. The van der Waals surface area contributed by atoms with Gasteiger partial charge in [0.15, 0.2) is 17.3 Å². The van der Waals surface area contributed by atoms with Crippen molar-refractivity contribution in [3.8, 4) is 5.75 Å². The minimum absolute atomic E-state index is 0.0273. The fourth-order valence-electron chi connectivity index (χ4n) is 1.12. The molecule has 0 heterocycles. The number of halogens is 1. The number of hydrogen-bond donors (Lipinski definition) is 0. The van der Waals surface area contributed by atoms with Crippen LogP contribution in [0.1, 0.15) is 17.3 Å². The second kappa shape index (κ2) is 4.05. The smallest absolute Gasteiger partial charge is 0.191 e. The van der Waals surface area contributed by atoms with Gasteiger partial charge in [0.2, 0.25) is 0 Å². The van der Waals surface area contributed by atoms with Crippen LogP contribution in [0.3, 0.4) is 0 Å². The summed E-state index contributed by atoms with van der Waals surface area (Å²) in [6.45, 7) is 5.09. The van der Waals surface area contributed by atoms with Crippen LogP contribution in [-0.4, -0.2) is 12.9 Å². The number of Topliss-reactive ketones (excluding diaryl/α,β-unsaturated/α-hetero) is 1. The van der Waals surface area contributed by atoms with Crippen molar-refractivity contribution >= 4 is 5.78 Å². The highest BCUT2D eigenvalue weighted by Crippen LogP contribution is 2.24. The number of carbonyl (C=O) groups excluding carboxylic acids is 1. The number of rotatable bonds is 3. The van der Waals surface area contributed by atoms with E-state index in [-0.39, 0.29) is 17.1 Å². The Balaban J connectivity index is 3.27. The predicted molar refractivity (Wildman–Crippen MR) is 52.1 cm³/mol. The molecule has 0 radical (unpaired) electrons. The summed E-state index contributed by atoms with van der Waals surface area (Å²) in [5.74, 6) is -0.874. The Labute approximate surface area is 82.0 Å². The molecular weight excluding hydrogens is 183 g/mol. The first-order valence-corrected chi connectivity index (χ1v) is 4.10. The molecule has 0 saturated carbocycles. The van der Waals surface area contributed by atoms with Gasteiger partial charge in [-0.25, -0.2) is 4.39 Å². The van der Waals surface area contributed by atoms with E-state index in [2.05, 4.69) is 6.58 Å². The number of para-hydroxylation sites is 1. The van der Waals surface area contributed by atoms with Gasteiger partial charge < -0.3 is 4.74 Å². The largest absolute Gasteiger partial charge is 0.493 e. The molecule has 0 N–H and O–H groups in total. The summed E-state index contributed by atoms with van der Waals surface area (Å²) in [7, 11) is 1.33. The van der Waals surface area contributed by atoms with Crippen molar-refractivity contribution in [2.45, 2.75) is 6.92 Å². The highest BCUT2D eigenvalue weighted by Gasteiger charge is 2.15. The summed E-state index contributed by atoms with van der Waals surface area (Å²) in [6, 6.07) is 4.22. The number of carbonyl (C=O) groups is 1. The van der Waals surface area contributed by atoms with Gasteiger partial charge >= 0.3 is 0 Å². The van der Waals surface area contributed by atoms with Crippen LogP contribution in [0.5, 0.6) is 5.75 Å². The fourth-order valence-corrected chi connectivity index (χ4v) is 1.12. The van der Waals surface area contributed by atoms with Gasteiger partial charge in [0.25, 0.3) is 0 Å². The molecule has 0 aliphatic rings. The first-order chi connectivity index (χ1) is 6.57. The summed E-state index contributed by atoms with van der Waals surface area (Å²) in [5.41, 5.74) is 0.564. The van der Waals surface area contributed by atoms with Crippen LogP contribution in [0, 0.1) is 5.82 Å². The summed E-state index contributed by atoms with van der Waals surface area (Å²) < 4.78 is 18.0. The minimum Gasteiger partial charge on any atom is -0.493 e. The Morgan fingerprint density at radius 3 is 2.64 bits per heavy atom.